The molecule has 0 atom stereocenters. The maximum Gasteiger partial charge on any atom is 0.320 e. The molecule has 1 saturated heterocycles. The third-order valence-electron chi connectivity index (χ3n) is 5.18. The molecule has 2 fully saturated rings. The third-order valence-corrected chi connectivity index (χ3v) is 5.18. The Kier molecular flexibility index (Phi) is 5.58. The number of amides is 3. The van der Waals surface area contributed by atoms with Crippen LogP contribution in [0.4, 0.5) is 10.5 Å². The molecule has 0 bridgehead atoms. The third kappa shape index (κ3) is 4.31. The van der Waals surface area contributed by atoms with Crippen molar-refractivity contribution >= 4 is 17.6 Å². The van der Waals surface area contributed by atoms with Gasteiger partial charge in [0.2, 0.25) is 5.91 Å². The van der Waals surface area contributed by atoms with Crippen molar-refractivity contribution in [2.45, 2.75) is 44.6 Å². The van der Waals surface area contributed by atoms with Gasteiger partial charge in [-0.1, -0.05) is 37.0 Å². The van der Waals surface area contributed by atoms with Crippen LogP contribution in [0, 0.1) is 6.92 Å². The van der Waals surface area contributed by atoms with E-state index in [2.05, 4.69) is 16.0 Å². The summed E-state index contributed by atoms with van der Waals surface area (Å²) in [6, 6.07) is 7.37. The van der Waals surface area contributed by atoms with Crippen molar-refractivity contribution in [2.75, 3.05) is 31.5 Å². The Bertz CT molecular complexity index is 602. The van der Waals surface area contributed by atoms with Gasteiger partial charge in [-0.3, -0.25) is 4.79 Å². The molecule has 0 spiro atoms. The molecule has 25 heavy (non-hydrogen) atoms. The molecule has 136 valence electrons. The highest BCUT2D eigenvalue weighted by Gasteiger charge is 2.43. The monoisotopic (exact) mass is 344 g/mol. The molecule has 6 nitrogen and oxygen atoms in total. The summed E-state index contributed by atoms with van der Waals surface area (Å²) in [5, 5.41) is 9.17. The second kappa shape index (κ2) is 7.87. The molecule has 0 unspecified atom stereocenters. The van der Waals surface area contributed by atoms with Gasteiger partial charge in [0.25, 0.3) is 0 Å². The summed E-state index contributed by atoms with van der Waals surface area (Å²) in [6.07, 6.45) is 4.51. The molecular weight excluding hydrogens is 316 g/mol. The predicted molar refractivity (Wildman–Crippen MR) is 98.6 cm³/mol. The Balaban J connectivity index is 1.70. The van der Waals surface area contributed by atoms with Crippen LogP contribution >= 0.6 is 0 Å². The zero-order valence-corrected chi connectivity index (χ0v) is 14.9. The van der Waals surface area contributed by atoms with Crippen molar-refractivity contribution in [3.05, 3.63) is 29.8 Å². The van der Waals surface area contributed by atoms with Gasteiger partial charge in [-0.15, -0.1) is 0 Å². The first-order valence-electron chi connectivity index (χ1n) is 9.25. The Morgan fingerprint density at radius 3 is 2.32 bits per heavy atom. The number of anilines is 1. The standard InChI is InChI=1S/C19H28N4O2/c1-15-5-7-16(8-6-15)21-18(25)22-19(9-3-2-4-10-19)17(24)23-13-11-20-12-14-23/h5-8,20H,2-4,9-14H2,1H3,(H2,21,22,25). The van der Waals surface area contributed by atoms with Gasteiger partial charge in [-0.05, 0) is 31.9 Å². The van der Waals surface area contributed by atoms with Gasteiger partial charge in [0.1, 0.15) is 5.54 Å². The van der Waals surface area contributed by atoms with Gasteiger partial charge < -0.3 is 20.9 Å². The van der Waals surface area contributed by atoms with E-state index in [0.717, 1.165) is 56.4 Å². The van der Waals surface area contributed by atoms with E-state index in [0.29, 0.717) is 13.1 Å². The van der Waals surface area contributed by atoms with Crippen LogP contribution in [0.2, 0.25) is 0 Å². The molecule has 1 saturated carbocycles. The number of carbonyl (C=O) groups excluding carboxylic acids is 2. The van der Waals surface area contributed by atoms with Crippen LogP contribution < -0.4 is 16.0 Å². The molecule has 1 aromatic carbocycles. The molecule has 3 rings (SSSR count). The lowest BCUT2D eigenvalue weighted by molar-refractivity contribution is -0.140. The average molecular weight is 344 g/mol. The molecule has 1 aliphatic carbocycles. The van der Waals surface area contributed by atoms with Crippen molar-refractivity contribution < 1.29 is 9.59 Å². The first-order valence-corrected chi connectivity index (χ1v) is 9.25. The number of benzene rings is 1. The SMILES string of the molecule is Cc1ccc(NC(=O)NC2(C(=O)N3CCNCC3)CCCCC2)cc1. The van der Waals surface area contributed by atoms with E-state index in [9.17, 15) is 9.59 Å². The molecule has 1 aliphatic heterocycles. The smallest absolute Gasteiger partial charge is 0.320 e. The number of urea groups is 1. The molecule has 1 aromatic rings. The maximum absolute atomic E-state index is 13.2. The van der Waals surface area contributed by atoms with Crippen LogP contribution in [0.5, 0.6) is 0 Å². The Morgan fingerprint density at radius 1 is 1.04 bits per heavy atom. The van der Waals surface area contributed by atoms with Gasteiger partial charge in [-0.25, -0.2) is 4.79 Å². The Morgan fingerprint density at radius 2 is 1.68 bits per heavy atom. The van der Waals surface area contributed by atoms with Crippen LogP contribution in [0.3, 0.4) is 0 Å². The summed E-state index contributed by atoms with van der Waals surface area (Å²) in [5.74, 6) is 0.0766. The highest BCUT2D eigenvalue weighted by atomic mass is 16.2. The average Bonchev–Trinajstić information content (AvgIpc) is 2.64. The topological polar surface area (TPSA) is 73.5 Å². The minimum absolute atomic E-state index is 0.0766. The largest absolute Gasteiger partial charge is 0.338 e. The van der Waals surface area contributed by atoms with E-state index in [-0.39, 0.29) is 11.9 Å². The van der Waals surface area contributed by atoms with Crippen molar-refractivity contribution in [3.8, 4) is 0 Å². The summed E-state index contributed by atoms with van der Waals surface area (Å²) >= 11 is 0. The highest BCUT2D eigenvalue weighted by Crippen LogP contribution is 2.30. The number of nitrogens with zero attached hydrogens (tertiary/aromatic N) is 1. The fourth-order valence-electron chi connectivity index (χ4n) is 3.73. The fraction of sp³-hybridized carbons (Fsp3) is 0.579. The second-order valence-corrected chi connectivity index (χ2v) is 7.13. The van der Waals surface area contributed by atoms with Gasteiger partial charge in [0.05, 0.1) is 0 Å². The minimum atomic E-state index is -0.760. The second-order valence-electron chi connectivity index (χ2n) is 7.13. The molecule has 1 heterocycles. The number of nitrogens with one attached hydrogen (secondary N) is 3. The summed E-state index contributed by atoms with van der Waals surface area (Å²) < 4.78 is 0. The number of piperazine rings is 1. The van der Waals surface area contributed by atoms with E-state index in [4.69, 9.17) is 0 Å². The van der Waals surface area contributed by atoms with Crippen molar-refractivity contribution in [1.82, 2.24) is 15.5 Å². The summed E-state index contributed by atoms with van der Waals surface area (Å²) in [4.78, 5) is 27.6. The number of carbonyl (C=O) groups is 2. The highest BCUT2D eigenvalue weighted by molar-refractivity contribution is 5.96. The lowest BCUT2D eigenvalue weighted by atomic mass is 9.80. The molecule has 3 amide bonds. The number of hydrogen-bond acceptors (Lipinski definition) is 3. The van der Waals surface area contributed by atoms with E-state index < -0.39 is 5.54 Å². The first-order chi connectivity index (χ1) is 12.1. The lowest BCUT2D eigenvalue weighted by Crippen LogP contribution is -2.63. The Hall–Kier alpha value is -2.08. The van der Waals surface area contributed by atoms with Gasteiger partial charge >= 0.3 is 6.03 Å². The summed E-state index contributed by atoms with van der Waals surface area (Å²) in [6.45, 7) is 5.06. The fourth-order valence-corrected chi connectivity index (χ4v) is 3.73. The zero-order chi connectivity index (χ0) is 17.7. The zero-order valence-electron chi connectivity index (χ0n) is 14.9. The van der Waals surface area contributed by atoms with E-state index in [1.54, 1.807) is 0 Å². The van der Waals surface area contributed by atoms with Crippen LogP contribution in [0.15, 0.2) is 24.3 Å². The summed E-state index contributed by atoms with van der Waals surface area (Å²) in [7, 11) is 0. The maximum atomic E-state index is 13.2. The van der Waals surface area contributed by atoms with Crippen LogP contribution in [0.25, 0.3) is 0 Å². The number of rotatable bonds is 3. The summed E-state index contributed by atoms with van der Waals surface area (Å²) in [5.41, 5.74) is 1.12. The van der Waals surface area contributed by atoms with Gasteiger partial charge in [0, 0.05) is 31.9 Å². The van der Waals surface area contributed by atoms with E-state index in [1.807, 2.05) is 36.1 Å². The van der Waals surface area contributed by atoms with Crippen LogP contribution in [0.1, 0.15) is 37.7 Å². The van der Waals surface area contributed by atoms with Crippen molar-refractivity contribution in [3.63, 3.8) is 0 Å². The van der Waals surface area contributed by atoms with Gasteiger partial charge in [0.15, 0.2) is 0 Å². The van der Waals surface area contributed by atoms with Crippen molar-refractivity contribution in [2.24, 2.45) is 0 Å². The van der Waals surface area contributed by atoms with Crippen LogP contribution in [-0.2, 0) is 4.79 Å². The number of hydrogen-bond donors (Lipinski definition) is 3. The molecule has 0 radical (unpaired) electrons. The molecular formula is C19H28N4O2. The molecule has 0 aromatic heterocycles. The van der Waals surface area contributed by atoms with E-state index >= 15 is 0 Å². The lowest BCUT2D eigenvalue weighted by Gasteiger charge is -2.41. The minimum Gasteiger partial charge on any atom is -0.338 e. The van der Waals surface area contributed by atoms with Crippen molar-refractivity contribution in [1.29, 1.82) is 0 Å². The Labute approximate surface area is 149 Å². The number of aryl methyl sites for hydroxylation is 1. The molecule has 2 aliphatic rings. The normalized spacial score (nSPS) is 20.0. The molecule has 6 heteroatoms. The molecule has 3 N–H and O–H groups in total. The van der Waals surface area contributed by atoms with E-state index in [1.165, 1.54) is 0 Å². The quantitative estimate of drug-likeness (QED) is 0.787. The predicted octanol–water partition coefficient (Wildman–Crippen LogP) is 2.25. The van der Waals surface area contributed by atoms with Crippen LogP contribution in [-0.4, -0.2) is 48.6 Å². The first kappa shape index (κ1) is 17.7. The van der Waals surface area contributed by atoms with Gasteiger partial charge in [-0.2, -0.15) is 0 Å².